The molecule has 0 aromatic heterocycles. The predicted octanol–water partition coefficient (Wildman–Crippen LogP) is 9.39. The Morgan fingerprint density at radius 3 is 1.08 bits per heavy atom. The summed E-state index contributed by atoms with van der Waals surface area (Å²) in [5, 5.41) is 5.70. The predicted molar refractivity (Wildman–Crippen MR) is 206 cm³/mol. The summed E-state index contributed by atoms with van der Waals surface area (Å²) in [6, 6.07) is 9.38. The van der Waals surface area contributed by atoms with E-state index in [0.717, 1.165) is 43.6 Å². The van der Waals surface area contributed by atoms with E-state index >= 15 is 0 Å². The highest BCUT2D eigenvalue weighted by atomic mass is 16.5. The lowest BCUT2D eigenvalue weighted by Gasteiger charge is -2.32. The number of carbonyl (C=O) groups excluding carboxylic acids is 2. The Labute approximate surface area is 298 Å². The van der Waals surface area contributed by atoms with Crippen LogP contribution in [-0.2, 0) is 37.7 Å². The third kappa shape index (κ3) is 13.0. The lowest BCUT2D eigenvalue weighted by atomic mass is 9.76. The first-order valence-electron chi connectivity index (χ1n) is 18.0. The molecule has 0 saturated carbocycles. The zero-order valence-electron chi connectivity index (χ0n) is 32.9. The van der Waals surface area contributed by atoms with Crippen molar-refractivity contribution in [2.75, 3.05) is 26.3 Å². The van der Waals surface area contributed by atoms with Crippen LogP contribution in [0, 0.1) is 0 Å². The van der Waals surface area contributed by atoms with Crippen LogP contribution in [0.3, 0.4) is 0 Å². The van der Waals surface area contributed by atoms with Gasteiger partial charge in [-0.3, -0.25) is 9.59 Å². The minimum atomic E-state index is -0.143. The van der Waals surface area contributed by atoms with Crippen molar-refractivity contribution in [2.45, 2.75) is 137 Å². The third-order valence-corrected chi connectivity index (χ3v) is 8.54. The summed E-state index contributed by atoms with van der Waals surface area (Å²) in [5.74, 6) is 1.68. The summed E-state index contributed by atoms with van der Waals surface area (Å²) in [6.07, 6.45) is 6.77. The van der Waals surface area contributed by atoms with Crippen molar-refractivity contribution in [1.82, 2.24) is 10.6 Å². The lowest BCUT2D eigenvalue weighted by Crippen LogP contribution is -2.23. The van der Waals surface area contributed by atoms with Gasteiger partial charge in [-0.25, -0.2) is 0 Å². The molecule has 272 valence electrons. The maximum absolute atomic E-state index is 11.5. The van der Waals surface area contributed by atoms with Crippen LogP contribution in [0.15, 0.2) is 49.6 Å². The minimum absolute atomic E-state index is 0.122. The van der Waals surface area contributed by atoms with Crippen LogP contribution in [0.5, 0.6) is 11.5 Å². The number of benzene rings is 2. The molecule has 6 heteroatoms. The summed E-state index contributed by atoms with van der Waals surface area (Å²) < 4.78 is 13.2. The molecule has 0 spiro atoms. The van der Waals surface area contributed by atoms with Gasteiger partial charge in [0, 0.05) is 35.3 Å². The van der Waals surface area contributed by atoms with Gasteiger partial charge < -0.3 is 20.1 Å². The Bertz CT molecular complexity index is 1260. The monoisotopic (exact) mass is 675 g/mol. The van der Waals surface area contributed by atoms with E-state index in [0.29, 0.717) is 26.3 Å². The summed E-state index contributed by atoms with van der Waals surface area (Å²) in [4.78, 5) is 23.0. The average Bonchev–Trinajstić information content (AvgIpc) is 2.98. The fourth-order valence-electron chi connectivity index (χ4n) is 5.73. The normalized spacial score (nSPS) is 12.3. The van der Waals surface area contributed by atoms with Crippen LogP contribution >= 0.6 is 0 Å². The zero-order valence-corrected chi connectivity index (χ0v) is 32.9. The van der Waals surface area contributed by atoms with Crippen molar-refractivity contribution in [1.29, 1.82) is 0 Å². The van der Waals surface area contributed by atoms with Gasteiger partial charge in [0.05, 0.1) is 13.2 Å². The maximum atomic E-state index is 11.5. The molecule has 49 heavy (non-hydrogen) atoms. The number of ether oxygens (including phenoxy) is 2. The van der Waals surface area contributed by atoms with Crippen LogP contribution in [0.4, 0.5) is 0 Å². The topological polar surface area (TPSA) is 76.7 Å². The van der Waals surface area contributed by atoms with Crippen molar-refractivity contribution in [3.63, 3.8) is 0 Å². The molecule has 2 amide bonds. The molecule has 2 N–H and O–H groups in total. The molecule has 0 radical (unpaired) electrons. The molecule has 0 aliphatic rings. The zero-order chi connectivity index (χ0) is 37.2. The Kier molecular flexibility index (Phi) is 14.8. The van der Waals surface area contributed by atoms with Crippen molar-refractivity contribution in [2.24, 2.45) is 0 Å². The van der Waals surface area contributed by atoms with E-state index in [1.165, 1.54) is 45.5 Å². The molecule has 0 saturated heterocycles. The van der Waals surface area contributed by atoms with Gasteiger partial charge in [-0.05, 0) is 77.0 Å². The summed E-state index contributed by atoms with van der Waals surface area (Å²) in [6.45, 7) is 36.5. The number of unbranched alkanes of at least 4 members (excludes halogenated alkanes) is 2. The highest BCUT2D eigenvalue weighted by molar-refractivity contribution is 5.87. The first kappa shape index (κ1) is 41.6. The molecule has 0 fully saturated rings. The van der Waals surface area contributed by atoms with Gasteiger partial charge in [-0.1, -0.05) is 121 Å². The SMILES string of the molecule is C=CC(=O)NCCCCOc1c(C(C)(C)C)cc(Cc2cc(C(C)(C)C)c(OCCCCNC(=O)C=C)c(C(C)(C)C)c2)cc1C(C)(C)C. The van der Waals surface area contributed by atoms with Gasteiger partial charge in [-0.2, -0.15) is 0 Å². The van der Waals surface area contributed by atoms with Crippen LogP contribution in [0.25, 0.3) is 0 Å². The molecule has 2 aromatic carbocycles. The van der Waals surface area contributed by atoms with Crippen LogP contribution in [-0.4, -0.2) is 38.1 Å². The molecule has 0 heterocycles. The van der Waals surface area contributed by atoms with Crippen molar-refractivity contribution >= 4 is 11.8 Å². The van der Waals surface area contributed by atoms with Crippen LogP contribution < -0.4 is 20.1 Å². The van der Waals surface area contributed by atoms with E-state index in [4.69, 9.17) is 9.47 Å². The van der Waals surface area contributed by atoms with Gasteiger partial charge in [-0.15, -0.1) is 0 Å². The number of amides is 2. The van der Waals surface area contributed by atoms with E-state index in [1.54, 1.807) is 0 Å². The highest BCUT2D eigenvalue weighted by Gasteiger charge is 2.30. The van der Waals surface area contributed by atoms with Crippen molar-refractivity contribution < 1.29 is 19.1 Å². The Morgan fingerprint density at radius 2 is 0.837 bits per heavy atom. The summed E-state index contributed by atoms with van der Waals surface area (Å²) >= 11 is 0. The summed E-state index contributed by atoms with van der Waals surface area (Å²) in [5.41, 5.74) is 6.90. The average molecular weight is 675 g/mol. The smallest absolute Gasteiger partial charge is 0.243 e. The fourth-order valence-corrected chi connectivity index (χ4v) is 5.73. The molecule has 0 unspecified atom stereocenters. The molecule has 0 aliphatic heterocycles. The second-order valence-corrected chi connectivity index (χ2v) is 17.3. The molecule has 0 aliphatic carbocycles. The van der Waals surface area contributed by atoms with Gasteiger partial charge in [0.2, 0.25) is 11.8 Å². The number of hydrogen-bond donors (Lipinski definition) is 2. The Morgan fingerprint density at radius 1 is 0.551 bits per heavy atom. The highest BCUT2D eigenvalue weighted by Crippen LogP contribution is 2.44. The third-order valence-electron chi connectivity index (χ3n) is 8.54. The molecule has 0 atom stereocenters. The first-order valence-corrected chi connectivity index (χ1v) is 18.0. The Hall–Kier alpha value is -3.54. The van der Waals surface area contributed by atoms with E-state index in [9.17, 15) is 9.59 Å². The van der Waals surface area contributed by atoms with Crippen LogP contribution in [0.2, 0.25) is 0 Å². The number of nitrogens with one attached hydrogen (secondary N) is 2. The quantitative estimate of drug-likeness (QED) is 0.137. The number of rotatable bonds is 16. The van der Waals surface area contributed by atoms with E-state index in [1.807, 2.05) is 0 Å². The second-order valence-electron chi connectivity index (χ2n) is 17.3. The molecule has 0 bridgehead atoms. The lowest BCUT2D eigenvalue weighted by molar-refractivity contribution is -0.117. The minimum Gasteiger partial charge on any atom is -0.493 e. The van der Waals surface area contributed by atoms with E-state index in [-0.39, 0.29) is 33.5 Å². The van der Waals surface area contributed by atoms with Crippen LogP contribution in [0.1, 0.15) is 142 Å². The molecular formula is C43H66N2O4. The maximum Gasteiger partial charge on any atom is 0.243 e. The van der Waals surface area contributed by atoms with Gasteiger partial charge >= 0.3 is 0 Å². The van der Waals surface area contributed by atoms with Crippen molar-refractivity contribution in [3.8, 4) is 11.5 Å². The molecule has 2 rings (SSSR count). The molecular weight excluding hydrogens is 608 g/mol. The Balaban J connectivity index is 2.51. The largest absolute Gasteiger partial charge is 0.493 e. The summed E-state index contributed by atoms with van der Waals surface area (Å²) in [7, 11) is 0. The standard InChI is InChI=1S/C43H66N2O4/c1-15-36(46)44-21-17-19-23-48-38-32(40(3,4)5)26-30(27-33(38)41(6,7)8)25-31-28-34(42(9,10)11)39(35(29-31)43(12,13)14)49-24-20-18-22-45-37(47)16-2/h15-16,26-29H,1-2,17-25H2,3-14H3,(H,44,46)(H,45,47). The number of carbonyl (C=O) groups is 2. The number of hydrogen-bond acceptors (Lipinski definition) is 4. The van der Waals surface area contributed by atoms with E-state index < -0.39 is 0 Å². The van der Waals surface area contributed by atoms with E-state index in [2.05, 4.69) is 131 Å². The fraction of sp³-hybridized carbons (Fsp3) is 0.581. The van der Waals surface area contributed by atoms with Gasteiger partial charge in [0.15, 0.2) is 0 Å². The molecule has 6 nitrogen and oxygen atoms in total. The first-order chi connectivity index (χ1) is 22.6. The second kappa shape index (κ2) is 17.4. The van der Waals surface area contributed by atoms with Gasteiger partial charge in [0.25, 0.3) is 0 Å². The van der Waals surface area contributed by atoms with Gasteiger partial charge in [0.1, 0.15) is 11.5 Å². The molecule has 2 aromatic rings. The van der Waals surface area contributed by atoms with Crippen molar-refractivity contribution in [3.05, 3.63) is 83.0 Å².